The summed E-state index contributed by atoms with van der Waals surface area (Å²) in [5.41, 5.74) is 0.00276. The zero-order valence-corrected chi connectivity index (χ0v) is 15.6. The maximum absolute atomic E-state index is 6.28. The third kappa shape index (κ3) is 5.15. The second-order valence-electron chi connectivity index (χ2n) is 5.87. The van der Waals surface area contributed by atoms with E-state index in [4.69, 9.17) is 29.2 Å². The van der Waals surface area contributed by atoms with Gasteiger partial charge in [-0.1, -0.05) is 36.3 Å². The largest absolute Gasteiger partial charge is 0.501 e. The SMILES string of the molecule is C#CC(C)(O[Si](CCCOCC1CO1)(OC)OC)c1ccccc1. The Morgan fingerprint density at radius 3 is 2.50 bits per heavy atom. The second-order valence-corrected chi connectivity index (χ2v) is 8.76. The molecular formula is C18H26O5Si. The van der Waals surface area contributed by atoms with E-state index >= 15 is 0 Å². The van der Waals surface area contributed by atoms with Crippen molar-refractivity contribution in [3.63, 3.8) is 0 Å². The van der Waals surface area contributed by atoms with Crippen LogP contribution in [0.3, 0.4) is 0 Å². The van der Waals surface area contributed by atoms with E-state index in [2.05, 4.69) is 5.92 Å². The third-order valence-corrected chi connectivity index (χ3v) is 6.99. The van der Waals surface area contributed by atoms with Crippen molar-refractivity contribution in [3.8, 4) is 12.3 Å². The molecular weight excluding hydrogens is 324 g/mol. The molecule has 1 aliphatic heterocycles. The second kappa shape index (κ2) is 8.76. The van der Waals surface area contributed by atoms with Gasteiger partial charge >= 0.3 is 8.80 Å². The minimum Gasteiger partial charge on any atom is -0.379 e. The predicted molar refractivity (Wildman–Crippen MR) is 93.5 cm³/mol. The van der Waals surface area contributed by atoms with Gasteiger partial charge in [0.25, 0.3) is 0 Å². The minimum atomic E-state index is -2.90. The molecule has 2 rings (SSSR count). The van der Waals surface area contributed by atoms with Crippen molar-refractivity contribution in [1.82, 2.24) is 0 Å². The van der Waals surface area contributed by atoms with E-state index < -0.39 is 14.4 Å². The fourth-order valence-electron chi connectivity index (χ4n) is 2.43. The summed E-state index contributed by atoms with van der Waals surface area (Å²) >= 11 is 0. The first-order valence-corrected chi connectivity index (χ1v) is 10.0. The molecule has 1 aromatic carbocycles. The topological polar surface area (TPSA) is 49.5 Å². The van der Waals surface area contributed by atoms with Crippen LogP contribution in [0.4, 0.5) is 0 Å². The Morgan fingerprint density at radius 1 is 1.29 bits per heavy atom. The molecule has 0 N–H and O–H groups in total. The average molecular weight is 350 g/mol. The first-order valence-electron chi connectivity index (χ1n) is 8.10. The van der Waals surface area contributed by atoms with Crippen molar-refractivity contribution in [2.45, 2.75) is 31.1 Å². The van der Waals surface area contributed by atoms with Gasteiger partial charge in [-0.15, -0.1) is 6.42 Å². The summed E-state index contributed by atoms with van der Waals surface area (Å²) in [5, 5.41) is 0. The van der Waals surface area contributed by atoms with Crippen LogP contribution in [0, 0.1) is 12.3 Å². The Balaban J connectivity index is 1.97. The Morgan fingerprint density at radius 2 is 1.96 bits per heavy atom. The molecule has 0 aliphatic carbocycles. The summed E-state index contributed by atoms with van der Waals surface area (Å²) in [5.74, 6) is 2.75. The molecule has 1 saturated heterocycles. The van der Waals surface area contributed by atoms with Crippen LogP contribution in [0.1, 0.15) is 18.9 Å². The first-order chi connectivity index (χ1) is 11.6. The van der Waals surface area contributed by atoms with Crippen molar-refractivity contribution >= 4 is 8.80 Å². The van der Waals surface area contributed by atoms with Crippen LogP contribution in [0.25, 0.3) is 0 Å². The van der Waals surface area contributed by atoms with E-state index in [1.165, 1.54) is 0 Å². The number of hydrogen-bond acceptors (Lipinski definition) is 5. The minimum absolute atomic E-state index is 0.274. The van der Waals surface area contributed by atoms with Crippen LogP contribution < -0.4 is 0 Å². The fraction of sp³-hybridized carbons (Fsp3) is 0.556. The molecule has 1 aromatic rings. The molecule has 6 heteroatoms. The van der Waals surface area contributed by atoms with E-state index in [1.807, 2.05) is 37.3 Å². The maximum Gasteiger partial charge on any atom is 0.501 e. The molecule has 1 fully saturated rings. The average Bonchev–Trinajstić information content (AvgIpc) is 3.45. The Bertz CT molecular complexity index is 536. The summed E-state index contributed by atoms with van der Waals surface area (Å²) in [7, 11) is 0.317. The van der Waals surface area contributed by atoms with Gasteiger partial charge in [-0.2, -0.15) is 0 Å². The van der Waals surface area contributed by atoms with Crippen LogP contribution in [-0.2, 0) is 28.4 Å². The number of rotatable bonds is 11. The molecule has 0 spiro atoms. The van der Waals surface area contributed by atoms with Gasteiger partial charge in [-0.3, -0.25) is 0 Å². The van der Waals surface area contributed by atoms with Crippen LogP contribution >= 0.6 is 0 Å². The molecule has 1 aliphatic rings. The molecule has 132 valence electrons. The van der Waals surface area contributed by atoms with Gasteiger partial charge in [0.1, 0.15) is 11.7 Å². The van der Waals surface area contributed by atoms with Crippen molar-refractivity contribution in [1.29, 1.82) is 0 Å². The standard InChI is InChI=1S/C18H26O5Si/c1-5-18(2,16-10-7-6-8-11-16)23-24(19-3,20-4)13-9-12-21-14-17-15-22-17/h1,6-8,10-11,17H,9,12-15H2,2-4H3. The lowest BCUT2D eigenvalue weighted by atomic mass is 9.97. The van der Waals surface area contributed by atoms with E-state index in [9.17, 15) is 0 Å². The van der Waals surface area contributed by atoms with Crippen molar-refractivity contribution in [2.75, 3.05) is 34.0 Å². The zero-order chi connectivity index (χ0) is 17.5. The molecule has 0 saturated carbocycles. The quantitative estimate of drug-likeness (QED) is 0.266. The van der Waals surface area contributed by atoms with Gasteiger partial charge < -0.3 is 22.8 Å². The van der Waals surface area contributed by atoms with Crippen LogP contribution in [0.2, 0.25) is 6.04 Å². The van der Waals surface area contributed by atoms with Crippen molar-refractivity contribution in [2.24, 2.45) is 0 Å². The highest BCUT2D eigenvalue weighted by Gasteiger charge is 2.45. The summed E-state index contributed by atoms with van der Waals surface area (Å²) < 4.78 is 28.3. The smallest absolute Gasteiger partial charge is 0.379 e. The number of epoxide rings is 1. The highest BCUT2D eigenvalue weighted by Crippen LogP contribution is 2.31. The van der Waals surface area contributed by atoms with Crippen LogP contribution in [0.5, 0.6) is 0 Å². The number of hydrogen-bond donors (Lipinski definition) is 0. The lowest BCUT2D eigenvalue weighted by molar-refractivity contribution is 0.0232. The Labute approximate surface area is 145 Å². The fourth-order valence-corrected chi connectivity index (χ4v) is 4.65. The summed E-state index contributed by atoms with van der Waals surface area (Å²) in [6, 6.07) is 10.3. The summed E-state index contributed by atoms with van der Waals surface area (Å²) in [6.45, 7) is 3.92. The molecule has 2 atom stereocenters. The number of benzene rings is 1. The normalized spacial score (nSPS) is 19.5. The first kappa shape index (κ1) is 19.1. The Kier molecular flexibility index (Phi) is 6.98. The maximum atomic E-state index is 6.28. The van der Waals surface area contributed by atoms with Gasteiger partial charge in [0.15, 0.2) is 0 Å². The predicted octanol–water partition coefficient (Wildman–Crippen LogP) is 2.59. The zero-order valence-electron chi connectivity index (χ0n) is 14.6. The molecule has 1 heterocycles. The van der Waals surface area contributed by atoms with Crippen molar-refractivity contribution < 1.29 is 22.8 Å². The molecule has 5 nitrogen and oxygen atoms in total. The lowest BCUT2D eigenvalue weighted by Gasteiger charge is -2.35. The number of ether oxygens (including phenoxy) is 2. The molecule has 0 bridgehead atoms. The monoisotopic (exact) mass is 350 g/mol. The van der Waals surface area contributed by atoms with Crippen LogP contribution in [0.15, 0.2) is 30.3 Å². The molecule has 24 heavy (non-hydrogen) atoms. The number of terminal acetylenes is 1. The van der Waals surface area contributed by atoms with E-state index in [-0.39, 0.29) is 6.10 Å². The van der Waals surface area contributed by atoms with Gasteiger partial charge in [0.2, 0.25) is 0 Å². The summed E-state index contributed by atoms with van der Waals surface area (Å²) in [4.78, 5) is 0. The molecule has 0 amide bonds. The van der Waals surface area contributed by atoms with Crippen molar-refractivity contribution in [3.05, 3.63) is 35.9 Å². The lowest BCUT2D eigenvalue weighted by Crippen LogP contribution is -2.49. The van der Waals surface area contributed by atoms with Gasteiger partial charge in [0, 0.05) is 26.9 Å². The van der Waals surface area contributed by atoms with E-state index in [0.717, 1.165) is 18.6 Å². The van der Waals surface area contributed by atoms with E-state index in [1.54, 1.807) is 14.2 Å². The highest BCUT2D eigenvalue weighted by atomic mass is 28.4. The molecule has 0 radical (unpaired) electrons. The third-order valence-electron chi connectivity index (χ3n) is 4.06. The van der Waals surface area contributed by atoms with Gasteiger partial charge in [-0.25, -0.2) is 0 Å². The molecule has 2 unspecified atom stereocenters. The Hall–Kier alpha value is -1.20. The van der Waals surface area contributed by atoms with Gasteiger partial charge in [0.05, 0.1) is 13.2 Å². The molecule has 0 aromatic heterocycles. The summed E-state index contributed by atoms with van der Waals surface area (Å²) in [6.07, 6.45) is 6.82. The van der Waals surface area contributed by atoms with E-state index in [0.29, 0.717) is 19.3 Å². The van der Waals surface area contributed by atoms with Gasteiger partial charge in [-0.05, 0) is 18.9 Å². The highest BCUT2D eigenvalue weighted by molar-refractivity contribution is 6.60. The van der Waals surface area contributed by atoms with Crippen LogP contribution in [-0.4, -0.2) is 48.9 Å².